The van der Waals surface area contributed by atoms with Crippen molar-refractivity contribution in [1.29, 1.82) is 0 Å². The van der Waals surface area contributed by atoms with E-state index in [1.54, 1.807) is 18.2 Å². The van der Waals surface area contributed by atoms with Gasteiger partial charge in [-0.15, -0.1) is 0 Å². The van der Waals surface area contributed by atoms with E-state index in [0.717, 1.165) is 4.46 Å². The van der Waals surface area contributed by atoms with Crippen LogP contribution in [0.4, 0.5) is 10.1 Å². The van der Waals surface area contributed by atoms with Gasteiger partial charge in [0.05, 0.1) is 0 Å². The minimum absolute atomic E-state index is 0.0521. The summed E-state index contributed by atoms with van der Waals surface area (Å²) in [4.78, 5) is 10.3. The molecule has 2 aromatic carbocycles. The molecule has 0 radical (unpaired) electrons. The van der Waals surface area contributed by atoms with Gasteiger partial charge in [-0.2, -0.15) is 0 Å². The number of hydrogen-bond donors (Lipinski definition) is 3. The summed E-state index contributed by atoms with van der Waals surface area (Å²) in [6, 6.07) is 10.7. The van der Waals surface area contributed by atoms with Gasteiger partial charge in [0.15, 0.2) is 0 Å². The van der Waals surface area contributed by atoms with Crippen LogP contribution in [0.2, 0.25) is 0 Å². The maximum atomic E-state index is 13.5. The van der Waals surface area contributed by atoms with Gasteiger partial charge in [0, 0.05) is 0 Å². The third-order valence-corrected chi connectivity index (χ3v) is 7.53. The van der Waals surface area contributed by atoms with Gasteiger partial charge in [-0.05, 0) is 0 Å². The molecule has 1 aromatic heterocycles. The van der Waals surface area contributed by atoms with Crippen molar-refractivity contribution in [3.8, 4) is 11.3 Å². The average molecular weight is 509 g/mol. The molecule has 32 heavy (non-hydrogen) atoms. The van der Waals surface area contributed by atoms with Crippen molar-refractivity contribution in [2.75, 3.05) is 6.61 Å². The number of nitrogens with zero attached hydrogens (tertiary/aromatic N) is 4. The number of nitro groups is 1. The summed E-state index contributed by atoms with van der Waals surface area (Å²) in [6.45, 7) is -0.483. The van der Waals surface area contributed by atoms with Gasteiger partial charge in [-0.3, -0.25) is 0 Å². The van der Waals surface area contributed by atoms with E-state index >= 15 is 0 Å². The van der Waals surface area contributed by atoms with Crippen molar-refractivity contribution < 1.29 is 29.4 Å². The third-order valence-electron chi connectivity index (χ3n) is 5.08. The molecule has 0 spiro atoms. The number of ether oxygens (including phenoxy) is 1. The summed E-state index contributed by atoms with van der Waals surface area (Å²) in [5, 5.41) is 49.5. The first-order valence-electron chi connectivity index (χ1n) is 9.58. The van der Waals surface area contributed by atoms with Gasteiger partial charge in [-0.25, -0.2) is 0 Å². The molecule has 0 aliphatic carbocycles. The predicted molar refractivity (Wildman–Crippen MR) is 111 cm³/mol. The number of aliphatic hydroxyl groups is 3. The van der Waals surface area contributed by atoms with Crippen molar-refractivity contribution in [1.82, 2.24) is 15.0 Å². The van der Waals surface area contributed by atoms with Crippen LogP contribution in [0.15, 0.2) is 54.7 Å². The Balaban J connectivity index is 1.59. The molecule has 1 fully saturated rings. The van der Waals surface area contributed by atoms with Crippen LogP contribution in [0.3, 0.4) is 0 Å². The van der Waals surface area contributed by atoms with Crippen LogP contribution in [0.5, 0.6) is 0 Å². The summed E-state index contributed by atoms with van der Waals surface area (Å²) >= 11 is -0.494. The van der Waals surface area contributed by atoms with E-state index in [1.807, 2.05) is 0 Å². The number of hydrogen-bond acceptors (Lipinski definition) is 8. The molecule has 4 rings (SSSR count). The molecule has 0 saturated carbocycles. The molecule has 2 heterocycles. The fraction of sp³-hybridized carbons (Fsp3) is 0.300. The SMILES string of the molecule is O=[N+]([O-])c1ccc([Se][C@@H]2O[C@H](CO)[C@H](O)[C@H](n3cc(-c4cccc(F)c4)nn3)[C@H]2O)cc1. The second-order valence-electron chi connectivity index (χ2n) is 7.16. The Hall–Kier alpha value is -2.73. The Morgan fingerprint density at radius 3 is 2.59 bits per heavy atom. The molecule has 1 aliphatic rings. The number of aromatic nitrogens is 3. The van der Waals surface area contributed by atoms with Crippen LogP contribution in [0, 0.1) is 15.9 Å². The average Bonchev–Trinajstić information content (AvgIpc) is 3.26. The molecular formula is C20H19FN4O6Se. The quantitative estimate of drug-likeness (QED) is 0.240. The van der Waals surface area contributed by atoms with E-state index in [9.17, 15) is 29.8 Å². The van der Waals surface area contributed by atoms with Crippen LogP contribution in [-0.4, -0.2) is 80.1 Å². The molecule has 12 heteroatoms. The van der Waals surface area contributed by atoms with Crippen molar-refractivity contribution in [2.24, 2.45) is 0 Å². The Morgan fingerprint density at radius 1 is 1.19 bits per heavy atom. The number of halogens is 1. The number of nitro benzene ring substituents is 1. The van der Waals surface area contributed by atoms with Crippen molar-refractivity contribution in [2.45, 2.75) is 29.4 Å². The molecule has 5 atom stereocenters. The summed E-state index contributed by atoms with van der Waals surface area (Å²) in [5.41, 5.74) is 0.787. The van der Waals surface area contributed by atoms with Crippen LogP contribution >= 0.6 is 0 Å². The Morgan fingerprint density at radius 2 is 1.94 bits per heavy atom. The van der Waals surface area contributed by atoms with Gasteiger partial charge in [0.1, 0.15) is 0 Å². The Labute approximate surface area is 187 Å². The molecule has 1 aliphatic heterocycles. The van der Waals surface area contributed by atoms with Gasteiger partial charge >= 0.3 is 187 Å². The standard InChI is InChI=1S/C20H19FN4O6Se/c21-12-3-1-2-11(8-12)15-9-24(23-22-15)17-18(27)16(10-26)31-20(19(17)28)32-14-6-4-13(5-7-14)25(29)30/h1-9,16-20,26-28H,10H2/t16-,17+,18+,19-,20+/m1/s1. The van der Waals surface area contributed by atoms with Gasteiger partial charge in [-0.1, -0.05) is 0 Å². The van der Waals surface area contributed by atoms with Crippen molar-refractivity contribution in [3.63, 3.8) is 0 Å². The first kappa shape index (κ1) is 22.5. The van der Waals surface area contributed by atoms with E-state index < -0.39 is 61.7 Å². The second-order valence-corrected chi connectivity index (χ2v) is 9.62. The van der Waals surface area contributed by atoms with Crippen molar-refractivity contribution in [3.05, 3.63) is 70.7 Å². The number of non-ortho nitro benzene ring substituents is 1. The topological polar surface area (TPSA) is 144 Å². The second kappa shape index (κ2) is 9.41. The van der Waals surface area contributed by atoms with Gasteiger partial charge < -0.3 is 0 Å². The van der Waals surface area contributed by atoms with E-state index in [0.29, 0.717) is 11.3 Å². The zero-order valence-electron chi connectivity index (χ0n) is 16.4. The van der Waals surface area contributed by atoms with Gasteiger partial charge in [0.2, 0.25) is 0 Å². The first-order chi connectivity index (χ1) is 15.4. The van der Waals surface area contributed by atoms with E-state index in [2.05, 4.69) is 10.3 Å². The molecule has 168 valence electrons. The van der Waals surface area contributed by atoms with E-state index in [-0.39, 0.29) is 5.69 Å². The zero-order valence-corrected chi connectivity index (χ0v) is 18.1. The summed E-state index contributed by atoms with van der Waals surface area (Å²) in [5.74, 6) is -0.436. The molecule has 0 amide bonds. The van der Waals surface area contributed by atoms with Crippen molar-refractivity contribution >= 4 is 25.1 Å². The predicted octanol–water partition coefficient (Wildman–Crippen LogP) is 0.00220. The summed E-state index contributed by atoms with van der Waals surface area (Å²) in [6.07, 6.45) is -1.97. The van der Waals surface area contributed by atoms with E-state index in [4.69, 9.17) is 4.74 Å². The molecule has 0 bridgehead atoms. The Kier molecular flexibility index (Phi) is 6.60. The number of rotatable bonds is 6. The number of aliphatic hydroxyl groups excluding tert-OH is 3. The zero-order chi connectivity index (χ0) is 22.8. The molecule has 3 aromatic rings. The molecule has 0 unspecified atom stereocenters. The van der Waals surface area contributed by atoms with Crippen LogP contribution in [0.1, 0.15) is 6.04 Å². The normalized spacial score (nSPS) is 25.6. The molecule has 1 saturated heterocycles. The van der Waals surface area contributed by atoms with Gasteiger partial charge in [0.25, 0.3) is 0 Å². The monoisotopic (exact) mass is 510 g/mol. The molecular weight excluding hydrogens is 490 g/mol. The number of benzene rings is 2. The van der Waals surface area contributed by atoms with Crippen LogP contribution < -0.4 is 4.46 Å². The fourth-order valence-electron chi connectivity index (χ4n) is 3.46. The first-order valence-corrected chi connectivity index (χ1v) is 11.4. The summed E-state index contributed by atoms with van der Waals surface area (Å²) in [7, 11) is 0. The third kappa shape index (κ3) is 4.56. The minimum atomic E-state index is -1.28. The summed E-state index contributed by atoms with van der Waals surface area (Å²) < 4.78 is 21.3. The fourth-order valence-corrected chi connectivity index (χ4v) is 5.69. The Bertz CT molecular complexity index is 1100. The van der Waals surface area contributed by atoms with Crippen LogP contribution in [-0.2, 0) is 4.74 Å². The van der Waals surface area contributed by atoms with Crippen LogP contribution in [0.25, 0.3) is 11.3 Å². The molecule has 10 nitrogen and oxygen atoms in total. The maximum absolute atomic E-state index is 13.5. The molecule has 3 N–H and O–H groups in total. The van der Waals surface area contributed by atoms with E-state index in [1.165, 1.54) is 41.2 Å².